The lowest BCUT2D eigenvalue weighted by Gasteiger charge is -2.19. The summed E-state index contributed by atoms with van der Waals surface area (Å²) in [4.78, 5) is 26.1. The summed E-state index contributed by atoms with van der Waals surface area (Å²) in [5.41, 5.74) is 6.42. The molecule has 0 aliphatic carbocycles. The molecule has 1 aromatic heterocycles. The van der Waals surface area contributed by atoms with E-state index in [0.717, 1.165) is 13.0 Å². The molecule has 1 rings (SSSR count). The third-order valence-electron chi connectivity index (χ3n) is 3.14. The van der Waals surface area contributed by atoms with E-state index in [1.807, 2.05) is 11.9 Å². The van der Waals surface area contributed by atoms with Crippen LogP contribution in [0.2, 0.25) is 0 Å². The quantitative estimate of drug-likeness (QED) is 0.784. The molecule has 0 bridgehead atoms. The third-order valence-corrected chi connectivity index (χ3v) is 4.46. The molecule has 7 heteroatoms. The number of carbonyl (C=O) groups excluding carboxylic acids is 2. The van der Waals surface area contributed by atoms with Crippen molar-refractivity contribution < 1.29 is 14.3 Å². The SMILES string of the molecule is CNC(=O)c1sc(N(C)CCC(C)C)c(C(=O)OC)c1N. The summed E-state index contributed by atoms with van der Waals surface area (Å²) in [5.74, 6) is -0.277. The Morgan fingerprint density at radius 2 is 2.05 bits per heavy atom. The Hall–Kier alpha value is -1.76. The summed E-state index contributed by atoms with van der Waals surface area (Å²) >= 11 is 1.21. The first-order valence-corrected chi connectivity index (χ1v) is 7.58. The van der Waals surface area contributed by atoms with E-state index < -0.39 is 5.97 Å². The number of ether oxygens (including phenoxy) is 1. The van der Waals surface area contributed by atoms with Gasteiger partial charge in [-0.2, -0.15) is 0 Å². The molecule has 0 unspecified atom stereocenters. The Kier molecular flexibility index (Phi) is 6.02. The molecule has 3 N–H and O–H groups in total. The fourth-order valence-corrected chi connectivity index (χ4v) is 2.98. The van der Waals surface area contributed by atoms with Gasteiger partial charge in [-0.3, -0.25) is 4.79 Å². The molecule has 0 aliphatic heterocycles. The Morgan fingerprint density at radius 3 is 2.52 bits per heavy atom. The van der Waals surface area contributed by atoms with E-state index in [2.05, 4.69) is 19.2 Å². The predicted octanol–water partition coefficient (Wildman–Crippen LogP) is 1.96. The molecular formula is C14H23N3O3S. The molecule has 1 aromatic rings. The molecule has 0 aromatic carbocycles. The minimum Gasteiger partial charge on any atom is -0.465 e. The molecule has 0 radical (unpaired) electrons. The van der Waals surface area contributed by atoms with Crippen LogP contribution in [0.15, 0.2) is 0 Å². The van der Waals surface area contributed by atoms with Gasteiger partial charge >= 0.3 is 5.97 Å². The van der Waals surface area contributed by atoms with Gasteiger partial charge in [-0.1, -0.05) is 13.8 Å². The van der Waals surface area contributed by atoms with Crippen LogP contribution in [-0.2, 0) is 4.74 Å². The van der Waals surface area contributed by atoms with Crippen molar-refractivity contribution in [3.8, 4) is 0 Å². The summed E-state index contributed by atoms with van der Waals surface area (Å²) in [6.45, 7) is 5.04. The molecule has 0 fully saturated rings. The van der Waals surface area contributed by atoms with Gasteiger partial charge in [0.15, 0.2) is 0 Å². The molecule has 0 saturated carbocycles. The molecule has 21 heavy (non-hydrogen) atoms. The molecule has 1 heterocycles. The summed E-state index contributed by atoms with van der Waals surface area (Å²) in [5, 5.41) is 3.19. The van der Waals surface area contributed by atoms with Crippen molar-refractivity contribution >= 4 is 33.9 Å². The van der Waals surface area contributed by atoms with Crippen molar-refractivity contribution in [3.63, 3.8) is 0 Å². The van der Waals surface area contributed by atoms with E-state index in [4.69, 9.17) is 10.5 Å². The second-order valence-corrected chi connectivity index (χ2v) is 6.20. The second kappa shape index (κ2) is 7.31. The third kappa shape index (κ3) is 3.87. The average Bonchev–Trinajstić information content (AvgIpc) is 2.80. The average molecular weight is 313 g/mol. The lowest BCUT2D eigenvalue weighted by molar-refractivity contribution is 0.0603. The van der Waals surface area contributed by atoms with Crippen molar-refractivity contribution in [3.05, 3.63) is 10.4 Å². The zero-order valence-electron chi connectivity index (χ0n) is 13.1. The largest absolute Gasteiger partial charge is 0.465 e. The van der Waals surface area contributed by atoms with E-state index >= 15 is 0 Å². The van der Waals surface area contributed by atoms with E-state index in [-0.39, 0.29) is 17.2 Å². The molecule has 118 valence electrons. The van der Waals surface area contributed by atoms with Crippen LogP contribution in [0, 0.1) is 5.92 Å². The maximum absolute atomic E-state index is 12.0. The lowest BCUT2D eigenvalue weighted by atomic mass is 10.1. The summed E-state index contributed by atoms with van der Waals surface area (Å²) in [6.07, 6.45) is 0.976. The number of esters is 1. The van der Waals surface area contributed by atoms with E-state index in [1.54, 1.807) is 0 Å². The van der Waals surface area contributed by atoms with Gasteiger partial charge in [0.25, 0.3) is 5.91 Å². The first-order valence-electron chi connectivity index (χ1n) is 6.77. The van der Waals surface area contributed by atoms with Crippen molar-refractivity contribution in [1.29, 1.82) is 0 Å². The molecule has 0 saturated heterocycles. The maximum Gasteiger partial charge on any atom is 0.343 e. The summed E-state index contributed by atoms with van der Waals surface area (Å²) in [7, 11) is 4.71. The van der Waals surface area contributed by atoms with Gasteiger partial charge in [-0.25, -0.2) is 4.79 Å². The Bertz CT molecular complexity index is 526. The van der Waals surface area contributed by atoms with E-state index in [0.29, 0.717) is 15.8 Å². The van der Waals surface area contributed by atoms with Gasteiger partial charge in [-0.15, -0.1) is 11.3 Å². The number of carbonyl (C=O) groups is 2. The molecule has 0 aliphatic rings. The van der Waals surface area contributed by atoms with E-state index in [1.165, 1.54) is 25.5 Å². The van der Waals surface area contributed by atoms with Gasteiger partial charge in [0, 0.05) is 20.6 Å². The van der Waals surface area contributed by atoms with Crippen LogP contribution in [0.25, 0.3) is 0 Å². The van der Waals surface area contributed by atoms with Crippen LogP contribution in [-0.4, -0.2) is 39.6 Å². The Labute approximate surface area is 129 Å². The fourth-order valence-electron chi connectivity index (χ4n) is 1.84. The topological polar surface area (TPSA) is 84.7 Å². The second-order valence-electron chi connectivity index (χ2n) is 5.20. The first kappa shape index (κ1) is 17.3. The number of nitrogen functional groups attached to an aromatic ring is 1. The van der Waals surface area contributed by atoms with Gasteiger partial charge in [-0.05, 0) is 12.3 Å². The van der Waals surface area contributed by atoms with Gasteiger partial charge < -0.3 is 20.7 Å². The summed E-state index contributed by atoms with van der Waals surface area (Å²) in [6, 6.07) is 0. The van der Waals surface area contributed by atoms with Gasteiger partial charge in [0.1, 0.15) is 15.4 Å². The number of anilines is 2. The number of thiophene rings is 1. The zero-order chi connectivity index (χ0) is 16.2. The number of methoxy groups -OCH3 is 1. The highest BCUT2D eigenvalue weighted by Crippen LogP contribution is 2.38. The first-order chi connectivity index (χ1) is 9.83. The highest BCUT2D eigenvalue weighted by atomic mass is 32.1. The number of nitrogens with zero attached hydrogens (tertiary/aromatic N) is 1. The Balaban J connectivity index is 3.22. The van der Waals surface area contributed by atoms with Crippen LogP contribution in [0.1, 0.15) is 40.3 Å². The number of nitrogens with two attached hydrogens (primary N) is 1. The smallest absolute Gasteiger partial charge is 0.343 e. The number of hydrogen-bond acceptors (Lipinski definition) is 6. The molecule has 6 nitrogen and oxygen atoms in total. The minimum absolute atomic E-state index is 0.178. The highest BCUT2D eigenvalue weighted by Gasteiger charge is 2.27. The van der Waals surface area contributed by atoms with Gasteiger partial charge in [0.05, 0.1) is 12.8 Å². The van der Waals surface area contributed by atoms with Crippen LogP contribution < -0.4 is 16.0 Å². The molecular weight excluding hydrogens is 290 g/mol. The lowest BCUT2D eigenvalue weighted by Crippen LogP contribution is -2.21. The Morgan fingerprint density at radius 1 is 1.43 bits per heavy atom. The normalized spacial score (nSPS) is 10.6. The van der Waals surface area contributed by atoms with Crippen molar-refractivity contribution in [2.24, 2.45) is 5.92 Å². The monoisotopic (exact) mass is 313 g/mol. The fraction of sp³-hybridized carbons (Fsp3) is 0.571. The van der Waals surface area contributed by atoms with E-state index in [9.17, 15) is 9.59 Å². The van der Waals surface area contributed by atoms with Crippen molar-refractivity contribution in [2.75, 3.05) is 38.4 Å². The standard InChI is InChI=1S/C14H23N3O3S/c1-8(2)6-7-17(4)13-9(14(19)20-5)10(15)11(21-13)12(18)16-3/h8H,6-7,15H2,1-5H3,(H,16,18). The van der Waals surface area contributed by atoms with Crippen LogP contribution in [0.3, 0.4) is 0 Å². The van der Waals surface area contributed by atoms with Crippen LogP contribution in [0.5, 0.6) is 0 Å². The number of rotatable bonds is 6. The number of nitrogens with one attached hydrogen (secondary N) is 1. The molecule has 1 amide bonds. The molecule has 0 spiro atoms. The number of amides is 1. The maximum atomic E-state index is 12.0. The minimum atomic E-state index is -0.523. The molecule has 0 atom stereocenters. The zero-order valence-corrected chi connectivity index (χ0v) is 14.0. The van der Waals surface area contributed by atoms with Crippen molar-refractivity contribution in [2.45, 2.75) is 20.3 Å². The van der Waals surface area contributed by atoms with Crippen LogP contribution >= 0.6 is 11.3 Å². The van der Waals surface area contributed by atoms with Gasteiger partial charge in [0.2, 0.25) is 0 Å². The number of hydrogen-bond donors (Lipinski definition) is 2. The summed E-state index contributed by atoms with van der Waals surface area (Å²) < 4.78 is 4.79. The van der Waals surface area contributed by atoms with Crippen molar-refractivity contribution in [1.82, 2.24) is 5.32 Å². The highest BCUT2D eigenvalue weighted by molar-refractivity contribution is 7.19. The predicted molar refractivity (Wildman–Crippen MR) is 86.2 cm³/mol. The van der Waals surface area contributed by atoms with Crippen LogP contribution in [0.4, 0.5) is 10.7 Å².